The van der Waals surface area contributed by atoms with E-state index in [-0.39, 0.29) is 24.7 Å². The van der Waals surface area contributed by atoms with E-state index in [0.29, 0.717) is 48.9 Å². The van der Waals surface area contributed by atoms with Crippen molar-refractivity contribution in [2.45, 2.75) is 44.6 Å². The molecule has 1 amide bonds. The van der Waals surface area contributed by atoms with E-state index < -0.39 is 16.7 Å². The minimum atomic E-state index is -1.62. The monoisotopic (exact) mass is 419 g/mol. The van der Waals surface area contributed by atoms with Crippen molar-refractivity contribution in [3.8, 4) is 0 Å². The van der Waals surface area contributed by atoms with Gasteiger partial charge >= 0.3 is 0 Å². The number of halogens is 1. The molecule has 3 heterocycles. The number of nitrogens with zero attached hydrogens (tertiary/aromatic N) is 3. The third kappa shape index (κ3) is 3.84. The molecule has 8 nitrogen and oxygen atoms in total. The van der Waals surface area contributed by atoms with Crippen LogP contribution in [-0.4, -0.2) is 76.4 Å². The number of ether oxygens (including phenoxy) is 1. The third-order valence-electron chi connectivity index (χ3n) is 6.17. The fourth-order valence-electron chi connectivity index (χ4n) is 4.08. The normalized spacial score (nSPS) is 21.3. The molecule has 1 N–H and O–H groups in total. The fraction of sp³-hybridized carbons (Fsp3) is 0.571. The smallest absolute Gasteiger partial charge is 0.277 e. The first-order valence-corrected chi connectivity index (χ1v) is 10.1. The van der Waals surface area contributed by atoms with Crippen molar-refractivity contribution in [1.29, 1.82) is 0 Å². The zero-order valence-electron chi connectivity index (χ0n) is 17.1. The van der Waals surface area contributed by atoms with Crippen LogP contribution in [0, 0.1) is 10.1 Å². The van der Waals surface area contributed by atoms with Gasteiger partial charge in [0.15, 0.2) is 0 Å². The van der Waals surface area contributed by atoms with Gasteiger partial charge in [-0.25, -0.2) is 4.39 Å². The number of nitro groups is 1. The first kappa shape index (κ1) is 20.9. The number of hydrogen-bond donors (Lipinski definition) is 1. The van der Waals surface area contributed by atoms with Crippen molar-refractivity contribution in [3.63, 3.8) is 0 Å². The fourth-order valence-corrected chi connectivity index (χ4v) is 4.08. The van der Waals surface area contributed by atoms with Gasteiger partial charge in [0, 0.05) is 31.3 Å². The van der Waals surface area contributed by atoms with Crippen LogP contribution in [0.2, 0.25) is 0 Å². The molecule has 1 atom stereocenters. The zero-order chi connectivity index (χ0) is 21.6. The van der Waals surface area contributed by atoms with Crippen LogP contribution in [0.25, 0.3) is 5.57 Å². The Bertz CT molecular complexity index is 907. The summed E-state index contributed by atoms with van der Waals surface area (Å²) >= 11 is 0. The third-order valence-corrected chi connectivity index (χ3v) is 6.17. The van der Waals surface area contributed by atoms with Crippen molar-refractivity contribution in [2.24, 2.45) is 0 Å². The minimum Gasteiger partial charge on any atom is -0.387 e. The first-order chi connectivity index (χ1) is 14.1. The molecule has 3 aliphatic heterocycles. The maximum absolute atomic E-state index is 14.3. The van der Waals surface area contributed by atoms with Crippen LogP contribution in [0.5, 0.6) is 0 Å². The second-order valence-corrected chi connectivity index (χ2v) is 8.76. The molecule has 0 spiro atoms. The van der Waals surface area contributed by atoms with Gasteiger partial charge < -0.3 is 14.7 Å². The Balaban J connectivity index is 1.60. The van der Waals surface area contributed by atoms with E-state index in [1.165, 1.54) is 24.8 Å². The van der Waals surface area contributed by atoms with Crippen molar-refractivity contribution < 1.29 is 24.0 Å². The number of amides is 1. The molecule has 4 rings (SSSR count). The van der Waals surface area contributed by atoms with Gasteiger partial charge in [0.1, 0.15) is 6.17 Å². The molecule has 0 saturated carbocycles. The number of hydrogen-bond acceptors (Lipinski definition) is 6. The summed E-state index contributed by atoms with van der Waals surface area (Å²) in [7, 11) is 0. The number of nitro benzene ring substituents is 1. The Morgan fingerprint density at radius 2 is 2.10 bits per heavy atom. The van der Waals surface area contributed by atoms with E-state index in [9.17, 15) is 24.4 Å². The SMILES string of the molecule is CC(C)(O)C(F)CN1Cc2cc([N+](=O)[O-])c(C3=CCN(C4COC4)CC3)cc2C1=O. The summed E-state index contributed by atoms with van der Waals surface area (Å²) in [6, 6.07) is 3.42. The van der Waals surface area contributed by atoms with Crippen LogP contribution in [0.3, 0.4) is 0 Å². The highest BCUT2D eigenvalue weighted by Gasteiger charge is 2.37. The zero-order valence-corrected chi connectivity index (χ0v) is 17.1. The largest absolute Gasteiger partial charge is 0.387 e. The summed E-state index contributed by atoms with van der Waals surface area (Å²) in [6.07, 6.45) is 1.02. The van der Waals surface area contributed by atoms with E-state index in [4.69, 9.17) is 4.74 Å². The average Bonchev–Trinajstić information content (AvgIpc) is 2.94. The van der Waals surface area contributed by atoms with Crippen molar-refractivity contribution >= 4 is 17.2 Å². The first-order valence-electron chi connectivity index (χ1n) is 10.1. The van der Waals surface area contributed by atoms with E-state index in [1.807, 2.05) is 6.08 Å². The van der Waals surface area contributed by atoms with Gasteiger partial charge in [-0.1, -0.05) is 6.08 Å². The molecule has 30 heavy (non-hydrogen) atoms. The van der Waals surface area contributed by atoms with Crippen LogP contribution in [-0.2, 0) is 11.3 Å². The molecule has 1 unspecified atom stereocenters. The summed E-state index contributed by atoms with van der Waals surface area (Å²) in [5, 5.41) is 21.6. The number of aliphatic hydroxyl groups is 1. The van der Waals surface area contributed by atoms with Gasteiger partial charge in [-0.2, -0.15) is 0 Å². The molecule has 0 aliphatic carbocycles. The summed E-state index contributed by atoms with van der Waals surface area (Å²) in [5.41, 5.74) is 0.591. The topological polar surface area (TPSA) is 96.2 Å². The molecular weight excluding hydrogens is 393 g/mol. The quantitative estimate of drug-likeness (QED) is 0.561. The van der Waals surface area contributed by atoms with Crippen LogP contribution in [0.1, 0.15) is 41.8 Å². The second kappa shape index (κ2) is 7.72. The molecule has 0 bridgehead atoms. The van der Waals surface area contributed by atoms with Crippen molar-refractivity contribution in [3.05, 3.63) is 45.0 Å². The van der Waals surface area contributed by atoms with Crippen LogP contribution in [0.15, 0.2) is 18.2 Å². The van der Waals surface area contributed by atoms with Crippen molar-refractivity contribution in [2.75, 3.05) is 32.8 Å². The van der Waals surface area contributed by atoms with Gasteiger partial charge in [-0.05, 0) is 37.5 Å². The van der Waals surface area contributed by atoms with E-state index in [2.05, 4.69) is 4.90 Å². The molecule has 0 radical (unpaired) electrons. The van der Waals surface area contributed by atoms with Gasteiger partial charge in [-0.15, -0.1) is 0 Å². The summed E-state index contributed by atoms with van der Waals surface area (Å²) in [6.45, 7) is 5.43. The lowest BCUT2D eigenvalue weighted by Gasteiger charge is -2.38. The number of rotatable bonds is 6. The molecule has 1 fully saturated rings. The van der Waals surface area contributed by atoms with Crippen LogP contribution < -0.4 is 0 Å². The number of carbonyl (C=O) groups is 1. The Morgan fingerprint density at radius 1 is 1.37 bits per heavy atom. The molecule has 162 valence electrons. The van der Waals surface area contributed by atoms with Gasteiger partial charge in [0.2, 0.25) is 0 Å². The lowest BCUT2D eigenvalue weighted by molar-refractivity contribution is -0.385. The highest BCUT2D eigenvalue weighted by molar-refractivity contribution is 6.00. The maximum atomic E-state index is 14.3. The Labute approximate surface area is 174 Å². The van der Waals surface area contributed by atoms with Gasteiger partial charge in [0.05, 0.1) is 41.9 Å². The molecule has 9 heteroatoms. The minimum absolute atomic E-state index is 0.0330. The average molecular weight is 419 g/mol. The maximum Gasteiger partial charge on any atom is 0.277 e. The summed E-state index contributed by atoms with van der Waals surface area (Å²) < 4.78 is 19.5. The van der Waals surface area contributed by atoms with Crippen LogP contribution >= 0.6 is 0 Å². The summed E-state index contributed by atoms with van der Waals surface area (Å²) in [5.74, 6) is -0.363. The van der Waals surface area contributed by atoms with E-state index in [1.54, 1.807) is 6.07 Å². The van der Waals surface area contributed by atoms with E-state index >= 15 is 0 Å². The second-order valence-electron chi connectivity index (χ2n) is 8.76. The molecule has 0 aromatic heterocycles. The number of carbonyl (C=O) groups excluding carboxylic acids is 1. The van der Waals surface area contributed by atoms with Gasteiger partial charge in [-0.3, -0.25) is 19.8 Å². The number of alkyl halides is 1. The lowest BCUT2D eigenvalue weighted by Crippen LogP contribution is -2.50. The molecule has 1 saturated heterocycles. The number of fused-ring (bicyclic) bond motifs is 1. The van der Waals surface area contributed by atoms with Gasteiger partial charge in [0.25, 0.3) is 11.6 Å². The predicted octanol–water partition coefficient (Wildman–Crippen LogP) is 2.15. The number of benzene rings is 1. The van der Waals surface area contributed by atoms with Crippen molar-refractivity contribution in [1.82, 2.24) is 9.80 Å². The molecule has 3 aliphatic rings. The van der Waals surface area contributed by atoms with E-state index in [0.717, 1.165) is 12.1 Å². The Morgan fingerprint density at radius 3 is 2.63 bits per heavy atom. The predicted molar refractivity (Wildman–Crippen MR) is 108 cm³/mol. The molecular formula is C21H26FN3O5. The highest BCUT2D eigenvalue weighted by Crippen LogP contribution is 2.36. The molecule has 1 aromatic carbocycles. The standard InChI is InChI=1S/C21H26FN3O5/c1-21(2,27)19(22)10-24-9-14-7-18(25(28)29)16(8-17(14)20(24)26)13-3-5-23(6-4-13)15-11-30-12-15/h3,7-8,15,19,27H,4-6,9-12H2,1-2H3. The highest BCUT2D eigenvalue weighted by atomic mass is 19.1. The summed E-state index contributed by atoms with van der Waals surface area (Å²) in [4.78, 5) is 27.7. The Hall–Kier alpha value is -2.36. The van der Waals surface area contributed by atoms with Crippen LogP contribution in [0.4, 0.5) is 10.1 Å². The Kier molecular flexibility index (Phi) is 5.37. The lowest BCUT2D eigenvalue weighted by atomic mass is 9.93. The molecule has 1 aromatic rings.